The fourth-order valence-electron chi connectivity index (χ4n) is 2.55. The van der Waals surface area contributed by atoms with Gasteiger partial charge in [0.1, 0.15) is 4.90 Å². The molecule has 6 nitrogen and oxygen atoms in total. The van der Waals surface area contributed by atoms with Gasteiger partial charge in [0.25, 0.3) is 0 Å². The van der Waals surface area contributed by atoms with Crippen molar-refractivity contribution in [2.75, 3.05) is 33.5 Å². The number of thiophene rings is 1. The van der Waals surface area contributed by atoms with Crippen LogP contribution in [0.5, 0.6) is 0 Å². The summed E-state index contributed by atoms with van der Waals surface area (Å²) < 4.78 is 43.8. The van der Waals surface area contributed by atoms with E-state index in [9.17, 15) is 8.42 Å². The normalized spacial score (nSPS) is 21.3. The Labute approximate surface area is 134 Å². The third-order valence-corrected chi connectivity index (χ3v) is 6.74. The lowest BCUT2D eigenvalue weighted by atomic mass is 10.0. The van der Waals surface area contributed by atoms with Crippen molar-refractivity contribution in [2.24, 2.45) is 5.41 Å². The minimum Gasteiger partial charge on any atom is -0.385 e. The molecule has 2 aliphatic rings. The van der Waals surface area contributed by atoms with Crippen LogP contribution in [-0.2, 0) is 24.2 Å². The summed E-state index contributed by atoms with van der Waals surface area (Å²) in [6.07, 6.45) is 2.42. The number of hydrogen-bond acceptors (Lipinski definition) is 6. The molecule has 22 heavy (non-hydrogen) atoms. The van der Waals surface area contributed by atoms with Crippen molar-refractivity contribution in [3.8, 4) is 0 Å². The molecule has 2 heterocycles. The molecule has 8 heteroatoms. The molecule has 3 rings (SSSR count). The fourth-order valence-corrected chi connectivity index (χ4v) is 5.15. The van der Waals surface area contributed by atoms with Crippen LogP contribution >= 0.6 is 11.3 Å². The number of methoxy groups -OCH3 is 1. The first kappa shape index (κ1) is 16.4. The Kier molecular flexibility index (Phi) is 4.86. The summed E-state index contributed by atoms with van der Waals surface area (Å²) >= 11 is 1.35. The Morgan fingerprint density at radius 1 is 1.41 bits per heavy atom. The van der Waals surface area contributed by atoms with Gasteiger partial charge in [-0.3, -0.25) is 0 Å². The molecule has 1 aromatic rings. The van der Waals surface area contributed by atoms with E-state index < -0.39 is 16.3 Å². The van der Waals surface area contributed by atoms with Crippen LogP contribution < -0.4 is 4.72 Å². The molecule has 0 aromatic carbocycles. The molecular weight excluding hydrogens is 326 g/mol. The minimum atomic E-state index is -3.54. The summed E-state index contributed by atoms with van der Waals surface area (Å²) in [5.74, 6) is 0. The van der Waals surface area contributed by atoms with E-state index in [0.717, 1.165) is 19.3 Å². The molecule has 1 saturated heterocycles. The molecule has 1 aromatic heterocycles. The highest BCUT2D eigenvalue weighted by Crippen LogP contribution is 2.48. The summed E-state index contributed by atoms with van der Waals surface area (Å²) in [7, 11) is -1.88. The monoisotopic (exact) mass is 347 g/mol. The van der Waals surface area contributed by atoms with Crippen LogP contribution in [0.4, 0.5) is 0 Å². The van der Waals surface area contributed by atoms with Gasteiger partial charge < -0.3 is 14.2 Å². The van der Waals surface area contributed by atoms with E-state index in [2.05, 4.69) is 4.72 Å². The Morgan fingerprint density at radius 3 is 2.77 bits per heavy atom. The number of hydrogen-bond donors (Lipinski definition) is 1. The van der Waals surface area contributed by atoms with E-state index >= 15 is 0 Å². The average Bonchev–Trinajstić information content (AvgIpc) is 2.95. The van der Waals surface area contributed by atoms with Crippen molar-refractivity contribution in [2.45, 2.75) is 30.4 Å². The first-order chi connectivity index (χ1) is 10.6. The predicted octanol–water partition coefficient (Wildman–Crippen LogP) is 1.89. The Bertz CT molecular complexity index is 603. The van der Waals surface area contributed by atoms with Crippen LogP contribution in [0.2, 0.25) is 0 Å². The van der Waals surface area contributed by atoms with E-state index in [0.29, 0.717) is 31.2 Å². The van der Waals surface area contributed by atoms with Gasteiger partial charge in [-0.15, -0.1) is 11.3 Å². The lowest BCUT2D eigenvalue weighted by Crippen LogP contribution is -2.31. The predicted molar refractivity (Wildman–Crippen MR) is 82.3 cm³/mol. The fraction of sp³-hybridized carbons (Fsp3) is 0.714. The molecule has 0 unspecified atom stereocenters. The summed E-state index contributed by atoms with van der Waals surface area (Å²) in [6.45, 7) is 2.11. The summed E-state index contributed by atoms with van der Waals surface area (Å²) in [5, 5.41) is 1.76. The van der Waals surface area contributed by atoms with Crippen molar-refractivity contribution in [1.82, 2.24) is 4.72 Å². The summed E-state index contributed by atoms with van der Waals surface area (Å²) in [5.41, 5.74) is 0.0691. The van der Waals surface area contributed by atoms with E-state index in [1.54, 1.807) is 18.6 Å². The van der Waals surface area contributed by atoms with Crippen molar-refractivity contribution in [1.29, 1.82) is 0 Å². The van der Waals surface area contributed by atoms with Gasteiger partial charge in [-0.25, -0.2) is 13.1 Å². The number of ether oxygens (including phenoxy) is 3. The molecule has 124 valence electrons. The van der Waals surface area contributed by atoms with Crippen molar-refractivity contribution in [3.05, 3.63) is 16.3 Å². The van der Waals surface area contributed by atoms with Crippen LogP contribution in [0.15, 0.2) is 16.3 Å². The summed E-state index contributed by atoms with van der Waals surface area (Å²) in [6, 6.07) is 1.61. The van der Waals surface area contributed by atoms with Gasteiger partial charge in [0, 0.05) is 20.3 Å². The van der Waals surface area contributed by atoms with Crippen molar-refractivity contribution < 1.29 is 22.6 Å². The van der Waals surface area contributed by atoms with Gasteiger partial charge in [-0.1, -0.05) is 0 Å². The molecule has 1 aliphatic heterocycles. The molecule has 1 aliphatic carbocycles. The third kappa shape index (κ3) is 3.52. The first-order valence-electron chi connectivity index (χ1n) is 7.36. The highest BCUT2D eigenvalue weighted by Gasteiger charge is 2.43. The van der Waals surface area contributed by atoms with Crippen LogP contribution in [0.25, 0.3) is 0 Å². The highest BCUT2D eigenvalue weighted by molar-refractivity contribution is 7.89. The molecule has 0 radical (unpaired) electrons. The third-order valence-electron chi connectivity index (χ3n) is 4.21. The molecule has 0 spiro atoms. The Morgan fingerprint density at radius 2 is 2.14 bits per heavy atom. The van der Waals surface area contributed by atoms with Gasteiger partial charge in [-0.2, -0.15) is 0 Å². The second kappa shape index (κ2) is 6.54. The van der Waals surface area contributed by atoms with Gasteiger partial charge in [0.2, 0.25) is 10.0 Å². The summed E-state index contributed by atoms with van der Waals surface area (Å²) in [4.78, 5) is 0.888. The van der Waals surface area contributed by atoms with Crippen LogP contribution in [0.1, 0.15) is 30.4 Å². The van der Waals surface area contributed by atoms with Crippen LogP contribution in [0, 0.1) is 5.41 Å². The zero-order valence-corrected chi connectivity index (χ0v) is 14.2. The smallest absolute Gasteiger partial charge is 0.241 e. The first-order valence-corrected chi connectivity index (χ1v) is 9.72. The van der Waals surface area contributed by atoms with Gasteiger partial charge in [0.15, 0.2) is 6.29 Å². The minimum absolute atomic E-state index is 0.0691. The van der Waals surface area contributed by atoms with Gasteiger partial charge in [0.05, 0.1) is 18.1 Å². The lowest BCUT2D eigenvalue weighted by molar-refractivity contribution is -0.0431. The zero-order valence-electron chi connectivity index (χ0n) is 12.5. The molecule has 0 atom stereocenters. The Balaban J connectivity index is 1.67. The van der Waals surface area contributed by atoms with Crippen LogP contribution in [-0.4, -0.2) is 41.9 Å². The van der Waals surface area contributed by atoms with Crippen LogP contribution in [0.3, 0.4) is 0 Å². The molecule has 2 fully saturated rings. The Hall–Kier alpha value is -0.510. The second-order valence-corrected chi connectivity index (χ2v) is 8.47. The van der Waals surface area contributed by atoms with E-state index in [-0.39, 0.29) is 10.3 Å². The van der Waals surface area contributed by atoms with E-state index in [4.69, 9.17) is 14.2 Å². The molecule has 0 amide bonds. The molecular formula is C14H21NO5S2. The SMILES string of the molecule is COCCC1(CNS(=O)(=O)c2ccsc2C2OCCO2)CC1. The van der Waals surface area contributed by atoms with Crippen molar-refractivity contribution in [3.63, 3.8) is 0 Å². The number of nitrogens with one attached hydrogen (secondary N) is 1. The molecule has 0 bridgehead atoms. The largest absolute Gasteiger partial charge is 0.385 e. The zero-order chi connectivity index (χ0) is 15.6. The maximum atomic E-state index is 12.6. The average molecular weight is 347 g/mol. The van der Waals surface area contributed by atoms with E-state index in [1.165, 1.54) is 11.3 Å². The lowest BCUT2D eigenvalue weighted by Gasteiger charge is -2.16. The maximum Gasteiger partial charge on any atom is 0.241 e. The highest BCUT2D eigenvalue weighted by atomic mass is 32.2. The van der Waals surface area contributed by atoms with Gasteiger partial charge in [-0.05, 0) is 36.1 Å². The van der Waals surface area contributed by atoms with E-state index in [1.807, 2.05) is 0 Å². The van der Waals surface area contributed by atoms with Crippen molar-refractivity contribution >= 4 is 21.4 Å². The topological polar surface area (TPSA) is 73.9 Å². The second-order valence-electron chi connectivity index (χ2n) is 5.79. The maximum absolute atomic E-state index is 12.6. The molecule has 1 N–H and O–H groups in total. The molecule has 1 saturated carbocycles. The standard InChI is InChI=1S/C14H21NO5S2/c1-18-6-5-14(3-4-14)10-15-22(16,17)11-2-9-21-12(11)13-19-7-8-20-13/h2,9,13,15H,3-8,10H2,1H3. The quantitative estimate of drug-likeness (QED) is 0.777. The number of sulfonamides is 1. The van der Waals surface area contributed by atoms with Gasteiger partial charge >= 0.3 is 0 Å². The number of rotatable bonds is 8.